The molecule has 0 atom stereocenters. The Morgan fingerprint density at radius 3 is 2.81 bits per heavy atom. The lowest BCUT2D eigenvalue weighted by Crippen LogP contribution is -2.23. The van der Waals surface area contributed by atoms with Crippen molar-refractivity contribution in [2.45, 2.75) is 13.5 Å². The lowest BCUT2D eigenvalue weighted by Gasteiger charge is -2.05. The molecule has 0 aliphatic rings. The summed E-state index contributed by atoms with van der Waals surface area (Å²) in [5, 5.41) is 2.84. The van der Waals surface area contributed by atoms with E-state index in [0.29, 0.717) is 12.1 Å². The van der Waals surface area contributed by atoms with Gasteiger partial charge >= 0.3 is 0 Å². The van der Waals surface area contributed by atoms with E-state index in [2.05, 4.69) is 5.32 Å². The van der Waals surface area contributed by atoms with Crippen molar-refractivity contribution in [2.24, 2.45) is 0 Å². The van der Waals surface area contributed by atoms with E-state index in [1.165, 1.54) is 0 Å². The van der Waals surface area contributed by atoms with Crippen LogP contribution in [0.15, 0.2) is 47.3 Å². The van der Waals surface area contributed by atoms with E-state index >= 15 is 0 Å². The number of benzene rings is 1. The zero-order valence-electron chi connectivity index (χ0n) is 9.07. The summed E-state index contributed by atoms with van der Waals surface area (Å²) in [6.07, 6.45) is 3.22. The topological polar surface area (TPSA) is 42.2 Å². The minimum atomic E-state index is -0.0562. The summed E-state index contributed by atoms with van der Waals surface area (Å²) >= 11 is 0. The Morgan fingerprint density at radius 2 is 2.12 bits per heavy atom. The summed E-state index contributed by atoms with van der Waals surface area (Å²) in [5.41, 5.74) is 2.65. The lowest BCUT2D eigenvalue weighted by atomic mass is 10.1. The van der Waals surface area contributed by atoms with Gasteiger partial charge in [0.05, 0.1) is 12.5 Å². The zero-order chi connectivity index (χ0) is 11.4. The van der Waals surface area contributed by atoms with E-state index in [1.54, 1.807) is 12.5 Å². The number of furan rings is 1. The third-order valence-corrected chi connectivity index (χ3v) is 2.42. The molecule has 0 radical (unpaired) electrons. The van der Waals surface area contributed by atoms with Gasteiger partial charge < -0.3 is 9.73 Å². The van der Waals surface area contributed by atoms with Gasteiger partial charge in [-0.15, -0.1) is 0 Å². The lowest BCUT2D eigenvalue weighted by molar-refractivity contribution is 0.0950. The molecule has 0 saturated carbocycles. The van der Waals surface area contributed by atoms with Crippen LogP contribution in [0.3, 0.4) is 0 Å². The van der Waals surface area contributed by atoms with Gasteiger partial charge in [-0.05, 0) is 24.6 Å². The summed E-state index contributed by atoms with van der Waals surface area (Å²) in [6, 6.07) is 9.35. The van der Waals surface area contributed by atoms with E-state index in [4.69, 9.17) is 4.42 Å². The fourth-order valence-corrected chi connectivity index (χ4v) is 1.50. The Balaban J connectivity index is 2.01. The highest BCUT2D eigenvalue weighted by atomic mass is 16.3. The molecule has 1 aromatic heterocycles. The fraction of sp³-hybridized carbons (Fsp3) is 0.154. The third kappa shape index (κ3) is 2.31. The second kappa shape index (κ2) is 4.66. The second-order valence-corrected chi connectivity index (χ2v) is 3.63. The summed E-state index contributed by atoms with van der Waals surface area (Å²) in [5.74, 6) is -0.0562. The minimum Gasteiger partial charge on any atom is -0.472 e. The summed E-state index contributed by atoms with van der Waals surface area (Å²) in [7, 11) is 0. The summed E-state index contributed by atoms with van der Waals surface area (Å²) in [4.78, 5) is 11.8. The van der Waals surface area contributed by atoms with E-state index in [0.717, 1.165) is 11.1 Å². The maximum Gasteiger partial charge on any atom is 0.251 e. The number of rotatable bonds is 3. The van der Waals surface area contributed by atoms with Gasteiger partial charge in [0.15, 0.2) is 0 Å². The highest BCUT2D eigenvalue weighted by molar-refractivity contribution is 5.95. The van der Waals surface area contributed by atoms with E-state index in [1.807, 2.05) is 37.3 Å². The van der Waals surface area contributed by atoms with Gasteiger partial charge in [-0.25, -0.2) is 0 Å². The molecule has 0 unspecified atom stereocenters. The molecule has 82 valence electrons. The molecule has 3 nitrogen and oxygen atoms in total. The molecule has 1 aromatic carbocycles. The largest absolute Gasteiger partial charge is 0.472 e. The number of hydrogen-bond donors (Lipinski definition) is 1. The maximum atomic E-state index is 11.8. The zero-order valence-corrected chi connectivity index (χ0v) is 9.07. The average Bonchev–Trinajstić information content (AvgIpc) is 2.79. The highest BCUT2D eigenvalue weighted by Gasteiger charge is 2.07. The Bertz CT molecular complexity index is 474. The molecule has 0 fully saturated rings. The van der Waals surface area contributed by atoms with E-state index < -0.39 is 0 Å². The predicted octanol–water partition coefficient (Wildman–Crippen LogP) is 2.52. The molecule has 0 aliphatic heterocycles. The molecular formula is C13H13NO2. The normalized spacial score (nSPS) is 10.1. The first-order chi connectivity index (χ1) is 7.77. The molecule has 16 heavy (non-hydrogen) atoms. The van der Waals surface area contributed by atoms with Crippen molar-refractivity contribution in [1.29, 1.82) is 0 Å². The van der Waals surface area contributed by atoms with Crippen molar-refractivity contribution in [3.63, 3.8) is 0 Å². The molecule has 1 amide bonds. The van der Waals surface area contributed by atoms with Crippen molar-refractivity contribution in [1.82, 2.24) is 5.32 Å². The molecule has 0 saturated heterocycles. The number of nitrogens with one attached hydrogen (secondary N) is 1. The first-order valence-electron chi connectivity index (χ1n) is 5.12. The number of carbonyl (C=O) groups is 1. The maximum absolute atomic E-state index is 11.8. The Kier molecular flexibility index (Phi) is 3.05. The molecule has 0 bridgehead atoms. The van der Waals surface area contributed by atoms with Gasteiger partial charge in [0.25, 0.3) is 5.91 Å². The number of hydrogen-bond acceptors (Lipinski definition) is 2. The van der Waals surface area contributed by atoms with Crippen LogP contribution in [0, 0.1) is 6.92 Å². The Labute approximate surface area is 94.1 Å². The van der Waals surface area contributed by atoms with Crippen LogP contribution >= 0.6 is 0 Å². The molecule has 1 heterocycles. The van der Waals surface area contributed by atoms with Crippen LogP contribution in [0.2, 0.25) is 0 Å². The van der Waals surface area contributed by atoms with Gasteiger partial charge in [0, 0.05) is 17.7 Å². The first kappa shape index (κ1) is 10.5. The number of carbonyl (C=O) groups excluding carboxylic acids is 1. The molecule has 2 rings (SSSR count). The molecule has 2 aromatic rings. The molecule has 1 N–H and O–H groups in total. The average molecular weight is 215 g/mol. The van der Waals surface area contributed by atoms with Gasteiger partial charge in [-0.1, -0.05) is 18.2 Å². The standard InChI is InChI=1S/C13H13NO2/c1-10-4-2-3-5-12(10)13(15)14-8-11-6-7-16-9-11/h2-7,9H,8H2,1H3,(H,14,15). The van der Waals surface area contributed by atoms with Crippen molar-refractivity contribution < 1.29 is 9.21 Å². The van der Waals surface area contributed by atoms with Crippen LogP contribution < -0.4 is 5.32 Å². The highest BCUT2D eigenvalue weighted by Crippen LogP contribution is 2.07. The fourth-order valence-electron chi connectivity index (χ4n) is 1.50. The number of aryl methyl sites for hydroxylation is 1. The first-order valence-corrected chi connectivity index (χ1v) is 5.12. The van der Waals surface area contributed by atoms with E-state index in [9.17, 15) is 4.79 Å². The summed E-state index contributed by atoms with van der Waals surface area (Å²) < 4.78 is 4.92. The molecular weight excluding hydrogens is 202 g/mol. The van der Waals surface area contributed by atoms with Crippen molar-refractivity contribution in [2.75, 3.05) is 0 Å². The van der Waals surface area contributed by atoms with Crippen molar-refractivity contribution in [3.8, 4) is 0 Å². The summed E-state index contributed by atoms with van der Waals surface area (Å²) in [6.45, 7) is 2.41. The third-order valence-electron chi connectivity index (χ3n) is 2.42. The van der Waals surface area contributed by atoms with Gasteiger partial charge in [-0.3, -0.25) is 4.79 Å². The van der Waals surface area contributed by atoms with Gasteiger partial charge in [0.2, 0.25) is 0 Å². The van der Waals surface area contributed by atoms with Gasteiger partial charge in [-0.2, -0.15) is 0 Å². The van der Waals surface area contributed by atoms with Crippen molar-refractivity contribution >= 4 is 5.91 Å². The van der Waals surface area contributed by atoms with Crippen LogP contribution in [0.4, 0.5) is 0 Å². The monoisotopic (exact) mass is 215 g/mol. The molecule has 0 spiro atoms. The SMILES string of the molecule is Cc1ccccc1C(=O)NCc1ccoc1. The Morgan fingerprint density at radius 1 is 1.31 bits per heavy atom. The minimum absolute atomic E-state index is 0.0562. The van der Waals surface area contributed by atoms with Gasteiger partial charge in [0.1, 0.15) is 0 Å². The molecule has 0 aliphatic carbocycles. The smallest absolute Gasteiger partial charge is 0.251 e. The van der Waals surface area contributed by atoms with Crippen LogP contribution in [0.25, 0.3) is 0 Å². The van der Waals surface area contributed by atoms with Crippen LogP contribution in [-0.2, 0) is 6.54 Å². The Hall–Kier alpha value is -2.03. The van der Waals surface area contributed by atoms with E-state index in [-0.39, 0.29) is 5.91 Å². The predicted molar refractivity (Wildman–Crippen MR) is 61.1 cm³/mol. The number of amides is 1. The van der Waals surface area contributed by atoms with Crippen LogP contribution in [-0.4, -0.2) is 5.91 Å². The molecule has 3 heteroatoms. The quantitative estimate of drug-likeness (QED) is 0.854. The van der Waals surface area contributed by atoms with Crippen LogP contribution in [0.5, 0.6) is 0 Å². The van der Waals surface area contributed by atoms with Crippen LogP contribution in [0.1, 0.15) is 21.5 Å². The van der Waals surface area contributed by atoms with Crippen molar-refractivity contribution in [3.05, 3.63) is 59.5 Å². The second-order valence-electron chi connectivity index (χ2n) is 3.63.